The average Bonchev–Trinajstić information content (AvgIpc) is 3.22. The van der Waals surface area contributed by atoms with E-state index in [1.807, 2.05) is 24.4 Å². The van der Waals surface area contributed by atoms with E-state index in [4.69, 9.17) is 0 Å². The number of alkyl halides is 3. The minimum absolute atomic E-state index is 0. The summed E-state index contributed by atoms with van der Waals surface area (Å²) in [6, 6.07) is 7.48. The summed E-state index contributed by atoms with van der Waals surface area (Å²) in [5.41, 5.74) is 0.512. The lowest BCUT2D eigenvalue weighted by Gasteiger charge is -2.21. The highest BCUT2D eigenvalue weighted by Crippen LogP contribution is 2.34. The minimum atomic E-state index is -4.76. The lowest BCUT2D eigenvalue weighted by Crippen LogP contribution is -2.36. The smallest absolute Gasteiger partial charge is 0.406 e. The number of thiazole rings is 1. The third kappa shape index (κ3) is 5.57. The van der Waals surface area contributed by atoms with Gasteiger partial charge in [-0.3, -0.25) is 9.69 Å². The molecular formula is C17H17ClF3N3O2S2. The minimum Gasteiger partial charge on any atom is -0.406 e. The van der Waals surface area contributed by atoms with Gasteiger partial charge in [0.1, 0.15) is 5.75 Å². The van der Waals surface area contributed by atoms with Gasteiger partial charge in [-0.15, -0.1) is 36.9 Å². The van der Waals surface area contributed by atoms with Crippen molar-refractivity contribution in [2.24, 2.45) is 0 Å². The fourth-order valence-electron chi connectivity index (χ4n) is 2.32. The van der Waals surface area contributed by atoms with Gasteiger partial charge in [0.15, 0.2) is 5.13 Å². The molecule has 0 fully saturated rings. The van der Waals surface area contributed by atoms with Crippen LogP contribution in [-0.2, 0) is 0 Å². The van der Waals surface area contributed by atoms with Crippen LogP contribution in [0.4, 0.5) is 18.3 Å². The summed E-state index contributed by atoms with van der Waals surface area (Å²) in [4.78, 5) is 21.4. The number of hydrogen-bond donors (Lipinski definition) is 0. The molecule has 0 aliphatic carbocycles. The zero-order chi connectivity index (χ0) is 19.6. The van der Waals surface area contributed by atoms with Gasteiger partial charge in [0.25, 0.3) is 5.91 Å². The predicted molar refractivity (Wildman–Crippen MR) is 108 cm³/mol. The molecular weight excluding hydrogens is 435 g/mol. The van der Waals surface area contributed by atoms with E-state index in [1.165, 1.54) is 29.5 Å². The van der Waals surface area contributed by atoms with Crippen LogP contribution in [0.5, 0.6) is 5.75 Å². The van der Waals surface area contributed by atoms with E-state index < -0.39 is 6.36 Å². The van der Waals surface area contributed by atoms with E-state index in [-0.39, 0.29) is 24.1 Å². The molecule has 0 atom stereocenters. The van der Waals surface area contributed by atoms with E-state index in [0.717, 1.165) is 11.3 Å². The largest absolute Gasteiger partial charge is 0.573 e. The molecule has 152 valence electrons. The van der Waals surface area contributed by atoms with Crippen molar-refractivity contribution in [3.8, 4) is 5.75 Å². The van der Waals surface area contributed by atoms with Crippen molar-refractivity contribution >= 4 is 56.3 Å². The Morgan fingerprint density at radius 2 is 1.96 bits per heavy atom. The highest BCUT2D eigenvalue weighted by atomic mass is 35.5. The van der Waals surface area contributed by atoms with Crippen molar-refractivity contribution in [1.29, 1.82) is 0 Å². The molecule has 0 aliphatic heterocycles. The van der Waals surface area contributed by atoms with Gasteiger partial charge in [0, 0.05) is 19.2 Å². The Balaban J connectivity index is 0.00000280. The Bertz CT molecular complexity index is 930. The molecule has 3 aromatic rings. The number of carbonyl (C=O) groups excluding carboxylic acids is 1. The topological polar surface area (TPSA) is 45.7 Å². The third-order valence-electron chi connectivity index (χ3n) is 3.56. The van der Waals surface area contributed by atoms with Gasteiger partial charge in [-0.25, -0.2) is 4.98 Å². The first-order valence-corrected chi connectivity index (χ1v) is 9.59. The standard InChI is InChI=1S/C17H16F3N3O2S2.ClH/c1-22(2)7-8-23(15(24)13-4-3-9-26-13)16-21-12-6-5-11(10-14(12)27-16)25-17(18,19)20;/h3-6,9-10H,7-8H2,1-2H3;1H. The molecule has 0 bridgehead atoms. The lowest BCUT2D eigenvalue weighted by atomic mass is 10.3. The molecule has 0 saturated carbocycles. The van der Waals surface area contributed by atoms with Gasteiger partial charge in [0.05, 0.1) is 15.1 Å². The molecule has 0 N–H and O–H groups in total. The maximum absolute atomic E-state index is 12.9. The number of amides is 1. The van der Waals surface area contributed by atoms with Crippen molar-refractivity contribution < 1.29 is 22.7 Å². The number of rotatable bonds is 6. The summed E-state index contributed by atoms with van der Waals surface area (Å²) in [6.07, 6.45) is -4.76. The number of anilines is 1. The zero-order valence-corrected chi connectivity index (χ0v) is 17.3. The number of nitrogens with zero attached hydrogens (tertiary/aromatic N) is 3. The molecule has 5 nitrogen and oxygen atoms in total. The number of thiophene rings is 1. The summed E-state index contributed by atoms with van der Waals surface area (Å²) < 4.78 is 41.7. The van der Waals surface area contributed by atoms with Crippen LogP contribution in [0.25, 0.3) is 10.2 Å². The number of benzene rings is 1. The van der Waals surface area contributed by atoms with E-state index in [1.54, 1.807) is 17.0 Å². The Kier molecular flexibility index (Phi) is 7.27. The number of fused-ring (bicyclic) bond motifs is 1. The van der Waals surface area contributed by atoms with Gasteiger partial charge in [-0.2, -0.15) is 0 Å². The lowest BCUT2D eigenvalue weighted by molar-refractivity contribution is -0.274. The Morgan fingerprint density at radius 3 is 2.57 bits per heavy atom. The van der Waals surface area contributed by atoms with Crippen LogP contribution in [0.15, 0.2) is 35.7 Å². The normalized spacial score (nSPS) is 11.5. The average molecular weight is 452 g/mol. The van der Waals surface area contributed by atoms with Crippen LogP contribution in [-0.4, -0.2) is 49.3 Å². The molecule has 0 aliphatic rings. The van der Waals surface area contributed by atoms with E-state index in [9.17, 15) is 18.0 Å². The Morgan fingerprint density at radius 1 is 1.21 bits per heavy atom. The van der Waals surface area contributed by atoms with Crippen LogP contribution in [0, 0.1) is 0 Å². The van der Waals surface area contributed by atoms with Crippen LogP contribution < -0.4 is 9.64 Å². The van der Waals surface area contributed by atoms with Gasteiger partial charge in [-0.05, 0) is 37.7 Å². The monoisotopic (exact) mass is 451 g/mol. The van der Waals surface area contributed by atoms with Crippen LogP contribution in [0.1, 0.15) is 9.67 Å². The molecule has 11 heteroatoms. The van der Waals surface area contributed by atoms with Gasteiger partial charge < -0.3 is 9.64 Å². The highest BCUT2D eigenvalue weighted by Gasteiger charge is 2.31. The molecule has 2 aromatic heterocycles. The number of halogens is 4. The maximum Gasteiger partial charge on any atom is 0.573 e. The second kappa shape index (κ2) is 9.08. The van der Waals surface area contributed by atoms with Crippen LogP contribution in [0.3, 0.4) is 0 Å². The van der Waals surface area contributed by atoms with Crippen molar-refractivity contribution in [3.05, 3.63) is 40.6 Å². The fourth-order valence-corrected chi connectivity index (χ4v) is 4.01. The summed E-state index contributed by atoms with van der Waals surface area (Å²) in [5.74, 6) is -0.493. The molecule has 3 rings (SSSR count). The number of ether oxygens (including phenoxy) is 1. The molecule has 2 heterocycles. The quantitative estimate of drug-likeness (QED) is 0.535. The van der Waals surface area contributed by atoms with E-state index in [2.05, 4.69) is 9.72 Å². The molecule has 1 amide bonds. The van der Waals surface area contributed by atoms with Gasteiger partial charge >= 0.3 is 6.36 Å². The second-order valence-corrected chi connectivity index (χ2v) is 7.87. The molecule has 0 unspecified atom stereocenters. The molecule has 0 radical (unpaired) electrons. The number of likely N-dealkylation sites (N-methyl/N-ethyl adjacent to an activating group) is 1. The Hall–Kier alpha value is -1.88. The van der Waals surface area contributed by atoms with Crippen LogP contribution >= 0.6 is 35.1 Å². The Labute approximate surface area is 173 Å². The first-order chi connectivity index (χ1) is 12.7. The van der Waals surface area contributed by atoms with Crippen molar-refractivity contribution in [2.75, 3.05) is 32.1 Å². The summed E-state index contributed by atoms with van der Waals surface area (Å²) in [7, 11) is 3.79. The number of hydrogen-bond acceptors (Lipinski definition) is 6. The van der Waals surface area contributed by atoms with Gasteiger partial charge in [0.2, 0.25) is 0 Å². The zero-order valence-electron chi connectivity index (χ0n) is 14.9. The number of aromatic nitrogens is 1. The molecule has 0 saturated heterocycles. The number of carbonyl (C=O) groups is 1. The summed E-state index contributed by atoms with van der Waals surface area (Å²) in [6.45, 7) is 1.03. The first kappa shape index (κ1) is 22.4. The van der Waals surface area contributed by atoms with Crippen LogP contribution in [0.2, 0.25) is 0 Å². The molecule has 0 spiro atoms. The van der Waals surface area contributed by atoms with Crippen molar-refractivity contribution in [3.63, 3.8) is 0 Å². The fraction of sp³-hybridized carbons (Fsp3) is 0.294. The second-order valence-electron chi connectivity index (χ2n) is 5.91. The first-order valence-electron chi connectivity index (χ1n) is 7.89. The third-order valence-corrected chi connectivity index (χ3v) is 5.46. The van der Waals surface area contributed by atoms with E-state index >= 15 is 0 Å². The highest BCUT2D eigenvalue weighted by molar-refractivity contribution is 7.22. The van der Waals surface area contributed by atoms with Crippen molar-refractivity contribution in [1.82, 2.24) is 9.88 Å². The predicted octanol–water partition coefficient (Wildman–Crippen LogP) is 4.89. The summed E-state index contributed by atoms with van der Waals surface area (Å²) >= 11 is 2.49. The molecule has 28 heavy (non-hydrogen) atoms. The summed E-state index contributed by atoms with van der Waals surface area (Å²) in [5, 5.41) is 2.26. The van der Waals surface area contributed by atoms with Crippen molar-refractivity contribution in [2.45, 2.75) is 6.36 Å². The van der Waals surface area contributed by atoms with E-state index in [0.29, 0.717) is 33.3 Å². The molecule has 1 aromatic carbocycles. The van der Waals surface area contributed by atoms with Gasteiger partial charge in [-0.1, -0.05) is 17.4 Å². The maximum atomic E-state index is 12.9. The SMILES string of the molecule is CN(C)CCN(C(=O)c1cccs1)c1nc2ccc(OC(F)(F)F)cc2s1.Cl.